The lowest BCUT2D eigenvalue weighted by Gasteiger charge is -2.23. The maximum Gasteiger partial charge on any atom is 0.274 e. The third kappa shape index (κ3) is 6.81. The Morgan fingerprint density at radius 2 is 1.81 bits per heavy atom. The van der Waals surface area contributed by atoms with Gasteiger partial charge in [-0.2, -0.15) is 0 Å². The van der Waals surface area contributed by atoms with Crippen LogP contribution in [0.4, 0.5) is 0 Å². The Balaban J connectivity index is 2.00. The average molecular weight is 368 g/mol. The summed E-state index contributed by atoms with van der Waals surface area (Å²) in [7, 11) is 0. The number of nitrogens with one attached hydrogen (secondary N) is 1. The fraction of sp³-hybridized carbons (Fsp3) is 0.429. The summed E-state index contributed by atoms with van der Waals surface area (Å²) in [6.45, 7) is 6.98. The first-order chi connectivity index (χ1) is 13.0. The minimum Gasteiger partial charge on any atom is -0.353 e. The van der Waals surface area contributed by atoms with Crippen molar-refractivity contribution in [2.45, 2.75) is 39.7 Å². The third-order valence-corrected chi connectivity index (χ3v) is 4.58. The van der Waals surface area contributed by atoms with Gasteiger partial charge in [-0.25, -0.2) is 4.98 Å². The van der Waals surface area contributed by atoms with Gasteiger partial charge in [-0.1, -0.05) is 44.2 Å². The van der Waals surface area contributed by atoms with Crippen LogP contribution in [0.3, 0.4) is 0 Å². The minimum atomic E-state index is -0.205. The van der Waals surface area contributed by atoms with Crippen LogP contribution in [0.2, 0.25) is 0 Å². The van der Waals surface area contributed by atoms with E-state index in [1.165, 1.54) is 18.6 Å². The van der Waals surface area contributed by atoms with Gasteiger partial charge in [0.1, 0.15) is 5.69 Å². The Morgan fingerprint density at radius 3 is 2.44 bits per heavy atom. The number of rotatable bonds is 9. The molecule has 1 N–H and O–H groups in total. The Labute approximate surface area is 161 Å². The summed E-state index contributed by atoms with van der Waals surface area (Å²) in [5.74, 6) is 0.112. The van der Waals surface area contributed by atoms with Crippen molar-refractivity contribution in [3.05, 3.63) is 60.2 Å². The number of hydrogen-bond donors (Lipinski definition) is 1. The summed E-state index contributed by atoms with van der Waals surface area (Å²) in [6, 6.07) is 10.1. The van der Waals surface area contributed by atoms with E-state index in [0.29, 0.717) is 24.7 Å². The zero-order chi connectivity index (χ0) is 19.6. The molecule has 0 spiro atoms. The summed E-state index contributed by atoms with van der Waals surface area (Å²) in [5, 5.41) is 2.98. The first kappa shape index (κ1) is 20.6. The number of carbonyl (C=O) groups is 2. The van der Waals surface area contributed by atoms with E-state index in [9.17, 15) is 9.59 Å². The Morgan fingerprint density at radius 1 is 1.07 bits per heavy atom. The lowest BCUT2D eigenvalue weighted by atomic mass is 10.1. The van der Waals surface area contributed by atoms with Crippen LogP contribution < -0.4 is 5.32 Å². The van der Waals surface area contributed by atoms with Gasteiger partial charge in [0.05, 0.1) is 6.20 Å². The maximum atomic E-state index is 12.8. The molecule has 1 aromatic carbocycles. The summed E-state index contributed by atoms with van der Waals surface area (Å²) < 4.78 is 0. The van der Waals surface area contributed by atoms with Gasteiger partial charge >= 0.3 is 0 Å². The largest absolute Gasteiger partial charge is 0.353 e. The molecule has 0 aliphatic carbocycles. The van der Waals surface area contributed by atoms with Crippen molar-refractivity contribution in [1.82, 2.24) is 20.2 Å². The molecule has 6 nitrogen and oxygen atoms in total. The van der Waals surface area contributed by atoms with Crippen LogP contribution in [-0.4, -0.2) is 45.8 Å². The molecule has 0 aliphatic rings. The summed E-state index contributed by atoms with van der Waals surface area (Å²) >= 11 is 0. The molecule has 0 fully saturated rings. The number of nitrogens with zero attached hydrogens (tertiary/aromatic N) is 3. The molecule has 0 saturated carbocycles. The quantitative estimate of drug-likeness (QED) is 0.738. The molecule has 1 aromatic heterocycles. The molecule has 2 rings (SSSR count). The van der Waals surface area contributed by atoms with E-state index in [-0.39, 0.29) is 24.3 Å². The molecule has 2 aromatic rings. The molecule has 1 unspecified atom stereocenters. The van der Waals surface area contributed by atoms with Gasteiger partial charge in [0.2, 0.25) is 5.91 Å². The van der Waals surface area contributed by atoms with E-state index in [2.05, 4.69) is 29.1 Å². The SMILES string of the molecule is CC(C)C(C)NC(=O)CCN(CCc1ccccc1)C(=O)c1cnccn1. The van der Waals surface area contributed by atoms with Crippen molar-refractivity contribution in [2.75, 3.05) is 13.1 Å². The highest BCUT2D eigenvalue weighted by molar-refractivity contribution is 5.92. The van der Waals surface area contributed by atoms with Crippen molar-refractivity contribution in [3.63, 3.8) is 0 Å². The summed E-state index contributed by atoms with van der Waals surface area (Å²) in [5.41, 5.74) is 1.44. The maximum absolute atomic E-state index is 12.8. The molecular formula is C21H28N4O2. The summed E-state index contributed by atoms with van der Waals surface area (Å²) in [6.07, 6.45) is 5.47. The van der Waals surface area contributed by atoms with E-state index < -0.39 is 0 Å². The van der Waals surface area contributed by atoms with Gasteiger partial charge in [-0.3, -0.25) is 14.6 Å². The van der Waals surface area contributed by atoms with Crippen molar-refractivity contribution in [2.24, 2.45) is 5.92 Å². The van der Waals surface area contributed by atoms with E-state index in [4.69, 9.17) is 0 Å². The lowest BCUT2D eigenvalue weighted by Crippen LogP contribution is -2.40. The molecule has 0 radical (unpaired) electrons. The van der Waals surface area contributed by atoms with Crippen LogP contribution in [0.5, 0.6) is 0 Å². The van der Waals surface area contributed by atoms with Crippen LogP contribution in [0.25, 0.3) is 0 Å². The Hall–Kier alpha value is -2.76. The molecule has 144 valence electrons. The van der Waals surface area contributed by atoms with Gasteiger partial charge in [0.15, 0.2) is 0 Å². The molecule has 27 heavy (non-hydrogen) atoms. The van der Waals surface area contributed by atoms with Crippen molar-refractivity contribution >= 4 is 11.8 Å². The average Bonchev–Trinajstić information content (AvgIpc) is 2.69. The van der Waals surface area contributed by atoms with Crippen LogP contribution in [0, 0.1) is 5.92 Å². The zero-order valence-corrected chi connectivity index (χ0v) is 16.3. The van der Waals surface area contributed by atoms with Crippen molar-refractivity contribution < 1.29 is 9.59 Å². The third-order valence-electron chi connectivity index (χ3n) is 4.58. The molecule has 0 aliphatic heterocycles. The highest BCUT2D eigenvalue weighted by atomic mass is 16.2. The molecule has 1 atom stereocenters. The zero-order valence-electron chi connectivity index (χ0n) is 16.3. The number of carbonyl (C=O) groups excluding carboxylic acids is 2. The standard InChI is InChI=1S/C21H28N4O2/c1-16(2)17(3)24-20(26)10-14-25(13-9-18-7-5-4-6-8-18)21(27)19-15-22-11-12-23-19/h4-8,11-12,15-17H,9-10,13-14H2,1-3H3,(H,24,26). The number of benzene rings is 1. The van der Waals surface area contributed by atoms with Crippen LogP contribution >= 0.6 is 0 Å². The Kier molecular flexibility index (Phi) is 7.92. The van der Waals surface area contributed by atoms with Gasteiger partial charge in [0.25, 0.3) is 5.91 Å². The van der Waals surface area contributed by atoms with Crippen LogP contribution in [-0.2, 0) is 11.2 Å². The number of aromatic nitrogens is 2. The second kappa shape index (κ2) is 10.4. The topological polar surface area (TPSA) is 75.2 Å². The number of hydrogen-bond acceptors (Lipinski definition) is 4. The van der Waals surface area contributed by atoms with Crippen LogP contribution in [0.1, 0.15) is 43.2 Å². The number of amides is 2. The van der Waals surface area contributed by atoms with E-state index in [1.807, 2.05) is 37.3 Å². The molecule has 0 bridgehead atoms. The first-order valence-corrected chi connectivity index (χ1v) is 9.36. The molecule has 6 heteroatoms. The normalized spacial score (nSPS) is 11.9. The smallest absolute Gasteiger partial charge is 0.274 e. The fourth-order valence-electron chi connectivity index (χ4n) is 2.52. The second-order valence-electron chi connectivity index (χ2n) is 6.97. The van der Waals surface area contributed by atoms with E-state index in [1.54, 1.807) is 4.90 Å². The van der Waals surface area contributed by atoms with Gasteiger partial charge in [-0.05, 0) is 24.8 Å². The highest BCUT2D eigenvalue weighted by Gasteiger charge is 2.19. The van der Waals surface area contributed by atoms with E-state index in [0.717, 1.165) is 12.0 Å². The fourth-order valence-corrected chi connectivity index (χ4v) is 2.52. The van der Waals surface area contributed by atoms with E-state index >= 15 is 0 Å². The summed E-state index contributed by atoms with van der Waals surface area (Å²) in [4.78, 5) is 34.8. The second-order valence-corrected chi connectivity index (χ2v) is 6.97. The predicted octanol–water partition coefficient (Wildman–Crippen LogP) is 2.71. The lowest BCUT2D eigenvalue weighted by molar-refractivity contribution is -0.122. The highest BCUT2D eigenvalue weighted by Crippen LogP contribution is 2.07. The molecule has 0 saturated heterocycles. The van der Waals surface area contributed by atoms with Gasteiger partial charge < -0.3 is 10.2 Å². The molecular weight excluding hydrogens is 340 g/mol. The van der Waals surface area contributed by atoms with Crippen LogP contribution in [0.15, 0.2) is 48.9 Å². The first-order valence-electron chi connectivity index (χ1n) is 9.36. The van der Waals surface area contributed by atoms with Crippen molar-refractivity contribution in [1.29, 1.82) is 0 Å². The predicted molar refractivity (Wildman–Crippen MR) is 105 cm³/mol. The minimum absolute atomic E-state index is 0.0483. The molecule has 1 heterocycles. The monoisotopic (exact) mass is 368 g/mol. The van der Waals surface area contributed by atoms with Gasteiger partial charge in [-0.15, -0.1) is 0 Å². The van der Waals surface area contributed by atoms with Crippen molar-refractivity contribution in [3.8, 4) is 0 Å². The molecule has 2 amide bonds. The van der Waals surface area contributed by atoms with Gasteiger partial charge in [0, 0.05) is 37.9 Å². The Bertz CT molecular complexity index is 719.